The van der Waals surface area contributed by atoms with Crippen molar-refractivity contribution in [2.24, 2.45) is 0 Å². The van der Waals surface area contributed by atoms with Gasteiger partial charge in [-0.25, -0.2) is 18.1 Å². The van der Waals surface area contributed by atoms with Crippen molar-refractivity contribution in [3.05, 3.63) is 47.7 Å². The SMILES string of the molecule is Cc1ccc(OCC(C)NS(=O)(=O)c2cnc(N)c(C)c2)cc1. The third kappa shape index (κ3) is 4.67. The van der Waals surface area contributed by atoms with E-state index in [4.69, 9.17) is 10.5 Å². The van der Waals surface area contributed by atoms with Crippen molar-refractivity contribution in [2.45, 2.75) is 31.7 Å². The zero-order chi connectivity index (χ0) is 17.0. The number of nitrogens with two attached hydrogens (primary N) is 1. The molecule has 0 aliphatic carbocycles. The van der Waals surface area contributed by atoms with Gasteiger partial charge in [0.1, 0.15) is 23.1 Å². The maximum Gasteiger partial charge on any atom is 0.242 e. The van der Waals surface area contributed by atoms with E-state index in [0.717, 1.165) is 5.56 Å². The minimum absolute atomic E-state index is 0.0892. The van der Waals surface area contributed by atoms with Crippen molar-refractivity contribution >= 4 is 15.8 Å². The summed E-state index contributed by atoms with van der Waals surface area (Å²) in [4.78, 5) is 3.97. The molecule has 1 atom stereocenters. The van der Waals surface area contributed by atoms with Crippen LogP contribution in [-0.4, -0.2) is 26.1 Å². The smallest absolute Gasteiger partial charge is 0.242 e. The number of aromatic nitrogens is 1. The molecule has 2 aromatic rings. The van der Waals surface area contributed by atoms with Crippen molar-refractivity contribution in [1.82, 2.24) is 9.71 Å². The van der Waals surface area contributed by atoms with Crippen LogP contribution in [-0.2, 0) is 10.0 Å². The monoisotopic (exact) mass is 335 g/mol. The minimum atomic E-state index is -3.66. The Balaban J connectivity index is 1.99. The molecule has 0 aliphatic rings. The average molecular weight is 335 g/mol. The van der Waals surface area contributed by atoms with Crippen LogP contribution in [0, 0.1) is 13.8 Å². The van der Waals surface area contributed by atoms with Gasteiger partial charge in [0.2, 0.25) is 10.0 Å². The van der Waals surface area contributed by atoms with Gasteiger partial charge in [0, 0.05) is 6.20 Å². The quantitative estimate of drug-likeness (QED) is 0.842. The van der Waals surface area contributed by atoms with Crippen LogP contribution < -0.4 is 15.2 Å². The number of rotatable bonds is 6. The maximum absolute atomic E-state index is 12.3. The van der Waals surface area contributed by atoms with Gasteiger partial charge in [0.05, 0.1) is 6.04 Å². The molecule has 0 saturated carbocycles. The average Bonchev–Trinajstić information content (AvgIpc) is 2.49. The molecule has 0 aliphatic heterocycles. The highest BCUT2D eigenvalue weighted by molar-refractivity contribution is 7.89. The number of sulfonamides is 1. The lowest BCUT2D eigenvalue weighted by atomic mass is 10.2. The van der Waals surface area contributed by atoms with E-state index in [9.17, 15) is 8.42 Å². The molecule has 6 nitrogen and oxygen atoms in total. The van der Waals surface area contributed by atoms with Gasteiger partial charge < -0.3 is 10.5 Å². The molecule has 1 aromatic heterocycles. The third-order valence-corrected chi connectivity index (χ3v) is 4.84. The van der Waals surface area contributed by atoms with Crippen LogP contribution in [0.15, 0.2) is 41.4 Å². The largest absolute Gasteiger partial charge is 0.492 e. The first-order chi connectivity index (χ1) is 10.8. The van der Waals surface area contributed by atoms with Crippen molar-refractivity contribution in [3.8, 4) is 5.75 Å². The molecule has 1 aromatic carbocycles. The molecule has 0 radical (unpaired) electrons. The first-order valence-electron chi connectivity index (χ1n) is 7.22. The number of anilines is 1. The Hall–Kier alpha value is -2.12. The van der Waals surface area contributed by atoms with E-state index in [-0.39, 0.29) is 17.5 Å². The highest BCUT2D eigenvalue weighted by atomic mass is 32.2. The van der Waals surface area contributed by atoms with Gasteiger partial charge in [-0.2, -0.15) is 0 Å². The number of hydrogen-bond acceptors (Lipinski definition) is 5. The maximum atomic E-state index is 12.3. The summed E-state index contributed by atoms with van der Waals surface area (Å²) >= 11 is 0. The lowest BCUT2D eigenvalue weighted by molar-refractivity contribution is 0.287. The molecule has 1 unspecified atom stereocenters. The zero-order valence-electron chi connectivity index (χ0n) is 13.4. The number of hydrogen-bond donors (Lipinski definition) is 2. The fourth-order valence-electron chi connectivity index (χ4n) is 1.93. The second-order valence-electron chi connectivity index (χ2n) is 5.52. The summed E-state index contributed by atoms with van der Waals surface area (Å²) in [5, 5.41) is 0. The van der Waals surface area contributed by atoms with Crippen LogP contribution in [0.3, 0.4) is 0 Å². The Bertz CT molecular complexity index is 774. The molecule has 0 spiro atoms. The topological polar surface area (TPSA) is 94.3 Å². The molecule has 7 heteroatoms. The van der Waals surface area contributed by atoms with Gasteiger partial charge in [0.15, 0.2) is 0 Å². The highest BCUT2D eigenvalue weighted by Gasteiger charge is 2.19. The third-order valence-electron chi connectivity index (χ3n) is 3.28. The normalized spacial score (nSPS) is 12.8. The van der Waals surface area contributed by atoms with E-state index in [1.165, 1.54) is 12.3 Å². The van der Waals surface area contributed by atoms with Gasteiger partial charge >= 0.3 is 0 Å². The summed E-state index contributed by atoms with van der Waals surface area (Å²) in [6, 6.07) is 8.69. The fourth-order valence-corrected chi connectivity index (χ4v) is 3.19. The second-order valence-corrected chi connectivity index (χ2v) is 7.23. The molecule has 0 saturated heterocycles. The van der Waals surface area contributed by atoms with Gasteiger partial charge in [-0.1, -0.05) is 17.7 Å². The van der Waals surface area contributed by atoms with Gasteiger partial charge in [0.25, 0.3) is 0 Å². The summed E-state index contributed by atoms with van der Waals surface area (Å²) in [5.41, 5.74) is 7.37. The summed E-state index contributed by atoms with van der Waals surface area (Å²) < 4.78 is 32.8. The van der Waals surface area contributed by atoms with Crippen molar-refractivity contribution in [3.63, 3.8) is 0 Å². The van der Waals surface area contributed by atoms with Crippen LogP contribution in [0.4, 0.5) is 5.82 Å². The first kappa shape index (κ1) is 17.2. The van der Waals surface area contributed by atoms with Crippen LogP contribution in [0.2, 0.25) is 0 Å². The fraction of sp³-hybridized carbons (Fsp3) is 0.312. The molecule has 0 fully saturated rings. The van der Waals surface area contributed by atoms with E-state index in [2.05, 4.69) is 9.71 Å². The van der Waals surface area contributed by atoms with Crippen LogP contribution in [0.25, 0.3) is 0 Å². The predicted octanol–water partition coefficient (Wildman–Crippen LogP) is 2.03. The second kappa shape index (κ2) is 6.97. The number of aryl methyl sites for hydroxylation is 2. The Labute approximate surface area is 136 Å². The summed E-state index contributed by atoms with van der Waals surface area (Å²) in [6.07, 6.45) is 1.25. The Morgan fingerprint density at radius 2 is 1.91 bits per heavy atom. The van der Waals surface area contributed by atoms with Crippen molar-refractivity contribution < 1.29 is 13.2 Å². The lowest BCUT2D eigenvalue weighted by Gasteiger charge is -2.15. The first-order valence-corrected chi connectivity index (χ1v) is 8.70. The molecular weight excluding hydrogens is 314 g/mol. The standard InChI is InChI=1S/C16H21N3O3S/c1-11-4-6-14(7-5-11)22-10-13(3)19-23(20,21)15-8-12(2)16(17)18-9-15/h4-9,13,19H,10H2,1-3H3,(H2,17,18). The molecule has 1 heterocycles. The van der Waals surface area contributed by atoms with E-state index in [0.29, 0.717) is 17.1 Å². The van der Waals surface area contributed by atoms with E-state index < -0.39 is 10.0 Å². The van der Waals surface area contributed by atoms with Crippen LogP contribution >= 0.6 is 0 Å². The van der Waals surface area contributed by atoms with Gasteiger partial charge in [-0.15, -0.1) is 0 Å². The predicted molar refractivity (Wildman–Crippen MR) is 89.8 cm³/mol. The molecule has 3 N–H and O–H groups in total. The molecule has 0 amide bonds. The van der Waals surface area contributed by atoms with Crippen molar-refractivity contribution in [2.75, 3.05) is 12.3 Å². The molecule has 23 heavy (non-hydrogen) atoms. The Morgan fingerprint density at radius 1 is 1.26 bits per heavy atom. The Morgan fingerprint density at radius 3 is 2.52 bits per heavy atom. The molecule has 124 valence electrons. The summed E-state index contributed by atoms with van der Waals surface area (Å²) in [7, 11) is -3.66. The number of nitrogens with one attached hydrogen (secondary N) is 1. The number of nitrogen functional groups attached to an aromatic ring is 1. The Kier molecular flexibility index (Phi) is 5.23. The van der Waals surface area contributed by atoms with E-state index in [1.807, 2.05) is 31.2 Å². The molecular formula is C16H21N3O3S. The summed E-state index contributed by atoms with van der Waals surface area (Å²) in [5.74, 6) is 1.02. The highest BCUT2D eigenvalue weighted by Crippen LogP contribution is 2.15. The van der Waals surface area contributed by atoms with E-state index >= 15 is 0 Å². The van der Waals surface area contributed by atoms with Crippen molar-refractivity contribution in [1.29, 1.82) is 0 Å². The van der Waals surface area contributed by atoms with Crippen LogP contribution in [0.1, 0.15) is 18.1 Å². The number of pyridine rings is 1. The van der Waals surface area contributed by atoms with Crippen LogP contribution in [0.5, 0.6) is 5.75 Å². The van der Waals surface area contributed by atoms with Gasteiger partial charge in [-0.3, -0.25) is 0 Å². The molecule has 0 bridgehead atoms. The van der Waals surface area contributed by atoms with E-state index in [1.54, 1.807) is 13.8 Å². The number of nitrogens with zero attached hydrogens (tertiary/aromatic N) is 1. The molecule has 2 rings (SSSR count). The zero-order valence-corrected chi connectivity index (χ0v) is 14.2. The van der Waals surface area contributed by atoms with Gasteiger partial charge in [-0.05, 0) is 44.5 Å². The summed E-state index contributed by atoms with van der Waals surface area (Å²) in [6.45, 7) is 5.67. The minimum Gasteiger partial charge on any atom is -0.492 e. The number of benzene rings is 1. The lowest BCUT2D eigenvalue weighted by Crippen LogP contribution is -2.36. The number of ether oxygens (including phenoxy) is 1.